The fourth-order valence-corrected chi connectivity index (χ4v) is 1.18. The maximum absolute atomic E-state index is 12.6. The zero-order valence-corrected chi connectivity index (χ0v) is 9.50. The molecule has 17 heavy (non-hydrogen) atoms. The number of ether oxygens (including phenoxy) is 1. The SMILES string of the molecule is CCCCCCCOC(F)(F)C(F)C(F)(F)F. The second kappa shape index (κ2) is 7.08. The number of hydrogen-bond donors (Lipinski definition) is 0. The first-order valence-corrected chi connectivity index (χ1v) is 5.44. The molecule has 104 valence electrons. The van der Waals surface area contributed by atoms with Crippen LogP contribution in [0.5, 0.6) is 0 Å². The van der Waals surface area contributed by atoms with Crippen molar-refractivity contribution in [1.82, 2.24) is 0 Å². The highest BCUT2D eigenvalue weighted by molar-refractivity contribution is 4.75. The van der Waals surface area contributed by atoms with Gasteiger partial charge in [0.25, 0.3) is 6.17 Å². The summed E-state index contributed by atoms with van der Waals surface area (Å²) in [7, 11) is 0. The normalized spacial score (nSPS) is 15.0. The highest BCUT2D eigenvalue weighted by atomic mass is 19.4. The van der Waals surface area contributed by atoms with Crippen molar-refractivity contribution < 1.29 is 31.1 Å². The smallest absolute Gasteiger partial charge is 0.318 e. The lowest BCUT2D eigenvalue weighted by Crippen LogP contribution is -2.43. The lowest BCUT2D eigenvalue weighted by Gasteiger charge is -2.22. The summed E-state index contributed by atoms with van der Waals surface area (Å²) in [4.78, 5) is 0. The molecule has 7 heteroatoms. The van der Waals surface area contributed by atoms with Crippen LogP contribution in [0.25, 0.3) is 0 Å². The minimum Gasteiger partial charge on any atom is -0.318 e. The van der Waals surface area contributed by atoms with E-state index in [-0.39, 0.29) is 6.42 Å². The van der Waals surface area contributed by atoms with Crippen LogP contribution in [-0.2, 0) is 4.74 Å². The summed E-state index contributed by atoms with van der Waals surface area (Å²) in [5, 5.41) is 0. The molecule has 0 aliphatic heterocycles. The quantitative estimate of drug-likeness (QED) is 0.465. The monoisotopic (exact) mass is 266 g/mol. The molecule has 0 aromatic rings. The predicted octanol–water partition coefficient (Wildman–Crippen LogP) is 4.47. The summed E-state index contributed by atoms with van der Waals surface area (Å²) in [6, 6.07) is 0. The second-order valence-corrected chi connectivity index (χ2v) is 3.73. The molecule has 0 bridgehead atoms. The molecule has 0 saturated carbocycles. The maximum Gasteiger partial charge on any atom is 0.428 e. The molecule has 0 saturated heterocycles. The van der Waals surface area contributed by atoms with Crippen LogP contribution in [-0.4, -0.2) is 25.1 Å². The number of alkyl halides is 6. The van der Waals surface area contributed by atoms with Gasteiger partial charge >= 0.3 is 12.3 Å². The number of rotatable bonds is 8. The first kappa shape index (κ1) is 16.5. The molecule has 0 spiro atoms. The van der Waals surface area contributed by atoms with Crippen LogP contribution in [0.4, 0.5) is 26.3 Å². The summed E-state index contributed by atoms with van der Waals surface area (Å²) in [6.07, 6.45) is -11.2. The van der Waals surface area contributed by atoms with Gasteiger partial charge in [0.2, 0.25) is 0 Å². The predicted molar refractivity (Wildman–Crippen MR) is 50.6 cm³/mol. The van der Waals surface area contributed by atoms with Crippen molar-refractivity contribution in [1.29, 1.82) is 0 Å². The lowest BCUT2D eigenvalue weighted by molar-refractivity contribution is -0.335. The second-order valence-electron chi connectivity index (χ2n) is 3.73. The van der Waals surface area contributed by atoms with Crippen LogP contribution >= 0.6 is 0 Å². The molecule has 0 amide bonds. The lowest BCUT2D eigenvalue weighted by atomic mass is 10.2. The molecule has 0 aromatic heterocycles. The maximum atomic E-state index is 12.6. The number of unbranched alkanes of at least 4 members (excludes halogenated alkanes) is 4. The Morgan fingerprint density at radius 1 is 0.941 bits per heavy atom. The molecular weight excluding hydrogens is 250 g/mol. The van der Waals surface area contributed by atoms with Gasteiger partial charge in [-0.05, 0) is 6.42 Å². The van der Waals surface area contributed by atoms with Crippen molar-refractivity contribution in [2.75, 3.05) is 6.61 Å². The number of hydrogen-bond acceptors (Lipinski definition) is 1. The zero-order valence-electron chi connectivity index (χ0n) is 9.50. The Morgan fingerprint density at radius 3 is 1.94 bits per heavy atom. The standard InChI is InChI=1S/C10H16F6O/c1-2-3-4-5-6-7-17-10(15,16)8(11)9(12,13)14/h8H,2-7H2,1H3. The molecule has 0 rings (SSSR count). The van der Waals surface area contributed by atoms with Gasteiger partial charge in [0.15, 0.2) is 0 Å². The Hall–Kier alpha value is -0.460. The molecule has 1 nitrogen and oxygen atoms in total. The van der Waals surface area contributed by atoms with Crippen LogP contribution in [0.15, 0.2) is 0 Å². The molecule has 1 atom stereocenters. The van der Waals surface area contributed by atoms with E-state index in [4.69, 9.17) is 0 Å². The van der Waals surface area contributed by atoms with Crippen molar-refractivity contribution in [3.8, 4) is 0 Å². The molecule has 0 radical (unpaired) electrons. The average molecular weight is 266 g/mol. The van der Waals surface area contributed by atoms with E-state index in [0.717, 1.165) is 19.3 Å². The first-order valence-electron chi connectivity index (χ1n) is 5.44. The van der Waals surface area contributed by atoms with E-state index in [9.17, 15) is 26.3 Å². The molecule has 0 aromatic carbocycles. The summed E-state index contributed by atoms with van der Waals surface area (Å²) >= 11 is 0. The van der Waals surface area contributed by atoms with E-state index < -0.39 is 25.1 Å². The first-order chi connectivity index (χ1) is 7.72. The van der Waals surface area contributed by atoms with E-state index in [1.165, 1.54) is 0 Å². The van der Waals surface area contributed by atoms with Gasteiger partial charge in [-0.2, -0.15) is 22.0 Å². The van der Waals surface area contributed by atoms with Crippen molar-refractivity contribution in [3.05, 3.63) is 0 Å². The molecule has 0 heterocycles. The van der Waals surface area contributed by atoms with E-state index >= 15 is 0 Å². The third-order valence-electron chi connectivity index (χ3n) is 2.12. The molecule has 0 aliphatic carbocycles. The summed E-state index contributed by atoms with van der Waals surface area (Å²) in [6.45, 7) is 1.38. The van der Waals surface area contributed by atoms with Crippen LogP contribution in [0, 0.1) is 0 Å². The van der Waals surface area contributed by atoms with Crippen LogP contribution in [0.1, 0.15) is 39.0 Å². The molecular formula is C10H16F6O. The van der Waals surface area contributed by atoms with Gasteiger partial charge < -0.3 is 4.74 Å². The Morgan fingerprint density at radius 2 is 1.47 bits per heavy atom. The van der Waals surface area contributed by atoms with E-state index in [1.54, 1.807) is 0 Å². The molecule has 1 unspecified atom stereocenters. The van der Waals surface area contributed by atoms with Crippen molar-refractivity contribution >= 4 is 0 Å². The highest BCUT2D eigenvalue weighted by Gasteiger charge is 2.58. The van der Waals surface area contributed by atoms with Crippen LogP contribution in [0.3, 0.4) is 0 Å². The molecule has 0 aliphatic rings. The van der Waals surface area contributed by atoms with Crippen molar-refractivity contribution in [2.24, 2.45) is 0 Å². The fraction of sp³-hybridized carbons (Fsp3) is 1.00. The Kier molecular flexibility index (Phi) is 6.89. The van der Waals surface area contributed by atoms with Crippen molar-refractivity contribution in [3.63, 3.8) is 0 Å². The van der Waals surface area contributed by atoms with E-state index in [2.05, 4.69) is 4.74 Å². The molecule has 0 fully saturated rings. The summed E-state index contributed by atoms with van der Waals surface area (Å²) in [5.74, 6) is 0. The van der Waals surface area contributed by atoms with Gasteiger partial charge in [-0.3, -0.25) is 0 Å². The van der Waals surface area contributed by atoms with Gasteiger partial charge in [0.1, 0.15) is 0 Å². The Bertz CT molecular complexity index is 203. The van der Waals surface area contributed by atoms with Crippen LogP contribution < -0.4 is 0 Å². The zero-order chi connectivity index (χ0) is 13.5. The average Bonchev–Trinajstić information content (AvgIpc) is 2.20. The fourth-order valence-electron chi connectivity index (χ4n) is 1.18. The van der Waals surface area contributed by atoms with Gasteiger partial charge in [-0.15, -0.1) is 0 Å². The Balaban J connectivity index is 3.86. The van der Waals surface area contributed by atoms with Crippen molar-refractivity contribution in [2.45, 2.75) is 57.5 Å². The van der Waals surface area contributed by atoms with E-state index in [0.29, 0.717) is 6.42 Å². The third kappa shape index (κ3) is 6.75. The van der Waals surface area contributed by atoms with Gasteiger partial charge in [-0.1, -0.05) is 32.6 Å². The summed E-state index contributed by atoms with van der Waals surface area (Å²) < 4.78 is 76.2. The van der Waals surface area contributed by atoms with Gasteiger partial charge in [0.05, 0.1) is 6.61 Å². The summed E-state index contributed by atoms with van der Waals surface area (Å²) in [5.41, 5.74) is 0. The topological polar surface area (TPSA) is 9.23 Å². The van der Waals surface area contributed by atoms with Crippen LogP contribution in [0.2, 0.25) is 0 Å². The third-order valence-corrected chi connectivity index (χ3v) is 2.12. The highest BCUT2D eigenvalue weighted by Crippen LogP contribution is 2.35. The number of halogens is 6. The molecule has 0 N–H and O–H groups in total. The largest absolute Gasteiger partial charge is 0.428 e. The van der Waals surface area contributed by atoms with Gasteiger partial charge in [-0.25, -0.2) is 4.39 Å². The van der Waals surface area contributed by atoms with E-state index in [1.807, 2.05) is 6.92 Å². The Labute approximate surface area is 96.1 Å². The minimum atomic E-state index is -5.61. The van der Waals surface area contributed by atoms with Gasteiger partial charge in [0, 0.05) is 0 Å². The minimum absolute atomic E-state index is 0.195.